The summed E-state index contributed by atoms with van der Waals surface area (Å²) in [5.41, 5.74) is 5.87. The lowest BCUT2D eigenvalue weighted by atomic mass is 10.00. The Kier molecular flexibility index (Phi) is 14.5. The molecule has 4 heterocycles. The third-order valence-corrected chi connectivity index (χ3v) is 9.82. The van der Waals surface area contributed by atoms with Crippen molar-refractivity contribution < 1.29 is 28.9 Å². The molecule has 63 heavy (non-hydrogen) atoms. The van der Waals surface area contributed by atoms with Crippen molar-refractivity contribution in [1.82, 2.24) is 40.2 Å². The van der Waals surface area contributed by atoms with E-state index in [0.29, 0.717) is 56.1 Å². The number of amides is 2. The van der Waals surface area contributed by atoms with Gasteiger partial charge in [-0.1, -0.05) is 61.3 Å². The Morgan fingerprint density at radius 3 is 1.46 bits per heavy atom. The number of aromatic nitrogens is 6. The lowest BCUT2D eigenvalue weighted by molar-refractivity contribution is 0.111. The number of halogens is 2. The summed E-state index contributed by atoms with van der Waals surface area (Å²) in [5, 5.41) is 33.8. The van der Waals surface area contributed by atoms with Gasteiger partial charge in [-0.15, -0.1) is 20.4 Å². The molecule has 0 aliphatic carbocycles. The predicted octanol–water partition coefficient (Wildman–Crippen LogP) is 9.17. The number of rotatable bonds is 7. The maximum Gasteiger partial charge on any atom is 0.409 e. The van der Waals surface area contributed by atoms with Crippen molar-refractivity contribution in [3.8, 4) is 22.9 Å². The number of phenolic OH excluding ortho intramolecular Hbond substituents is 1. The summed E-state index contributed by atoms with van der Waals surface area (Å²) in [6.07, 6.45) is -3.42. The molecule has 2 atom stereocenters. The second-order valence-corrected chi connectivity index (χ2v) is 15.3. The summed E-state index contributed by atoms with van der Waals surface area (Å²) in [7, 11) is 1.61. The van der Waals surface area contributed by atoms with Crippen molar-refractivity contribution in [3.05, 3.63) is 141 Å². The molecule has 0 saturated carbocycles. The number of nitrogens with zero attached hydrogens (tertiary/aromatic N) is 8. The van der Waals surface area contributed by atoms with E-state index in [1.807, 2.05) is 79.3 Å². The van der Waals surface area contributed by atoms with Crippen molar-refractivity contribution in [2.45, 2.75) is 79.9 Å². The molecule has 0 spiro atoms. The van der Waals surface area contributed by atoms with E-state index in [2.05, 4.69) is 31.0 Å². The van der Waals surface area contributed by atoms with Crippen LogP contribution in [0.3, 0.4) is 0 Å². The average Bonchev–Trinajstić information content (AvgIpc) is 3.75. The molecule has 3 N–H and O–H groups in total. The van der Waals surface area contributed by atoms with Crippen LogP contribution in [0.15, 0.2) is 94.9 Å². The maximum absolute atomic E-state index is 12.4. The molecule has 2 aromatic heterocycles. The van der Waals surface area contributed by atoms with Crippen LogP contribution in [0.25, 0.3) is 11.4 Å². The molecule has 0 radical (unpaired) electrons. The van der Waals surface area contributed by atoms with Gasteiger partial charge < -0.3 is 19.3 Å². The van der Waals surface area contributed by atoms with Crippen LogP contribution in [0.5, 0.6) is 11.5 Å². The number of methoxy groups -OCH3 is 1. The summed E-state index contributed by atoms with van der Waals surface area (Å²) in [4.78, 5) is 34.4. The Bertz CT molecular complexity index is 2660. The highest BCUT2D eigenvalue weighted by atomic mass is 35.5. The normalized spacial score (nSPS) is 14.6. The number of hydrogen-bond acceptors (Lipinski definition) is 12. The van der Waals surface area contributed by atoms with E-state index in [-0.39, 0.29) is 18.0 Å². The molecular weight excluding hydrogens is 847 g/mol. The smallest absolute Gasteiger partial charge is 0.409 e. The van der Waals surface area contributed by atoms with Gasteiger partial charge >= 0.3 is 12.2 Å². The molecule has 4 aromatic carbocycles. The highest BCUT2D eigenvalue weighted by Gasteiger charge is 2.32. The zero-order chi connectivity index (χ0) is 45.5. The van der Waals surface area contributed by atoms with Crippen molar-refractivity contribution in [3.63, 3.8) is 0 Å². The third-order valence-electron chi connectivity index (χ3n) is 9.31. The second kappa shape index (κ2) is 19.9. The minimum Gasteiger partial charge on any atom is -0.508 e. The lowest BCUT2D eigenvalue weighted by Crippen LogP contribution is -2.31. The van der Waals surface area contributed by atoms with Gasteiger partial charge in [0.25, 0.3) is 0 Å². The van der Waals surface area contributed by atoms with Crippen LogP contribution in [0.2, 0.25) is 10.0 Å². The molecular formula is C45H48Cl2N10O6. The molecule has 0 bridgehead atoms. The van der Waals surface area contributed by atoms with Gasteiger partial charge in [-0.3, -0.25) is 29.8 Å². The second-order valence-electron chi connectivity index (χ2n) is 14.4. The van der Waals surface area contributed by atoms with Gasteiger partial charge in [-0.05, 0) is 102 Å². The Labute approximate surface area is 375 Å². The molecule has 328 valence electrons. The van der Waals surface area contributed by atoms with Crippen LogP contribution in [0.1, 0.15) is 99.4 Å². The fraction of sp³-hybridized carbons (Fsp3) is 0.289. The first-order chi connectivity index (χ1) is 30.2. The number of aliphatic imine (C=N–C) groups is 2. The first-order valence-electron chi connectivity index (χ1n) is 20.2. The zero-order valence-electron chi connectivity index (χ0n) is 36.2. The molecule has 2 aliphatic rings. The van der Waals surface area contributed by atoms with Crippen LogP contribution >= 0.6 is 23.2 Å². The molecule has 0 saturated heterocycles. The quantitative estimate of drug-likeness (QED) is 0.139. The van der Waals surface area contributed by atoms with Gasteiger partial charge in [-0.2, -0.15) is 0 Å². The van der Waals surface area contributed by atoms with E-state index in [0.717, 1.165) is 28.1 Å². The molecule has 0 unspecified atom stereocenters. The van der Waals surface area contributed by atoms with Gasteiger partial charge in [0, 0.05) is 32.3 Å². The number of ether oxygens (including phenoxy) is 3. The summed E-state index contributed by atoms with van der Waals surface area (Å²) in [6.45, 7) is 14.7. The Hall–Kier alpha value is -6.78. The van der Waals surface area contributed by atoms with Crippen LogP contribution in [-0.2, 0) is 9.47 Å². The van der Waals surface area contributed by atoms with Gasteiger partial charge in [0.1, 0.15) is 23.1 Å². The number of aromatic hydroxyl groups is 1. The number of aryl methyl sites for hydroxylation is 2. The lowest BCUT2D eigenvalue weighted by Gasteiger charge is -2.15. The summed E-state index contributed by atoms with van der Waals surface area (Å²) < 4.78 is 19.6. The Morgan fingerprint density at radius 2 is 1.05 bits per heavy atom. The number of carbonyl (C=O) groups is 2. The van der Waals surface area contributed by atoms with Crippen molar-refractivity contribution in [1.29, 1.82) is 0 Å². The SMILES string of the molecule is CC.COc1ccc2c(c1)C(c1ccc(Cl)cc1)=N[C@@H](NC(=O)OC(C)C)c1nnc(C)n1-2.Cc1nnc2n1-c1ccc(O)cc1C(c1ccc(Cl)cc1)=N[C@H]2NC(=O)OC(C)C. The van der Waals surface area contributed by atoms with E-state index in [9.17, 15) is 14.7 Å². The third kappa shape index (κ3) is 10.3. The molecule has 0 fully saturated rings. The first kappa shape index (κ1) is 45.7. The topological polar surface area (TPSA) is 192 Å². The van der Waals surface area contributed by atoms with Gasteiger partial charge in [0.2, 0.25) is 0 Å². The highest BCUT2D eigenvalue weighted by Crippen LogP contribution is 2.34. The van der Waals surface area contributed by atoms with Crippen LogP contribution < -0.4 is 15.4 Å². The molecule has 8 rings (SSSR count). The number of benzene rings is 4. The number of phenols is 1. The fourth-order valence-electron chi connectivity index (χ4n) is 6.74. The maximum atomic E-state index is 12.4. The van der Waals surface area contributed by atoms with Crippen molar-refractivity contribution in [2.75, 3.05) is 7.11 Å². The molecule has 2 amide bonds. The first-order valence-corrected chi connectivity index (χ1v) is 20.9. The minimum atomic E-state index is -0.849. The number of fused-ring (bicyclic) bond motifs is 6. The van der Waals surface area contributed by atoms with Crippen LogP contribution in [-0.4, -0.2) is 77.6 Å². The van der Waals surface area contributed by atoms with E-state index < -0.39 is 24.5 Å². The monoisotopic (exact) mass is 894 g/mol. The van der Waals surface area contributed by atoms with Gasteiger partial charge in [0.05, 0.1) is 42.1 Å². The predicted molar refractivity (Wildman–Crippen MR) is 241 cm³/mol. The molecule has 18 heteroatoms. The number of hydrogen-bond donors (Lipinski definition) is 3. The van der Waals surface area contributed by atoms with E-state index in [1.165, 1.54) is 0 Å². The highest BCUT2D eigenvalue weighted by molar-refractivity contribution is 6.31. The number of alkyl carbamates (subject to hydrolysis) is 2. The van der Waals surface area contributed by atoms with Crippen molar-refractivity contribution >= 4 is 46.8 Å². The standard InChI is InChI=1S/C22H22ClN5O3.C21H20ClN5O3.C2H6/c1-12(2)31-22(29)25-20-21-27-26-13(3)28(21)18-10-9-16(30-4)11-17(18)19(24-20)14-5-7-15(23)8-6-14;1-11(2)30-21(29)24-19-20-26-25-12(3)27(20)17-9-8-15(28)10-16(17)18(23-19)13-4-6-14(22)7-5-13;1-2/h5-12,20H,1-4H3,(H,25,29);4-11,19,28H,1-3H3,(H,24,29);1-2H3/t20-;19-;/m00./s1. The van der Waals surface area contributed by atoms with Crippen molar-refractivity contribution in [2.24, 2.45) is 9.98 Å². The van der Waals surface area contributed by atoms with Gasteiger partial charge in [0.15, 0.2) is 24.0 Å². The summed E-state index contributed by atoms with van der Waals surface area (Å²) in [6, 6.07) is 25.2. The van der Waals surface area contributed by atoms with Gasteiger partial charge in [-0.25, -0.2) is 9.59 Å². The fourth-order valence-corrected chi connectivity index (χ4v) is 7.00. The zero-order valence-corrected chi connectivity index (χ0v) is 37.7. The number of carbonyl (C=O) groups excluding carboxylic acids is 2. The minimum absolute atomic E-state index is 0.0910. The summed E-state index contributed by atoms with van der Waals surface area (Å²) in [5.74, 6) is 2.97. The molecule has 2 aliphatic heterocycles. The Morgan fingerprint density at radius 1 is 0.635 bits per heavy atom. The van der Waals surface area contributed by atoms with E-state index >= 15 is 0 Å². The van der Waals surface area contributed by atoms with Crippen LogP contribution in [0.4, 0.5) is 9.59 Å². The van der Waals surface area contributed by atoms with E-state index in [1.54, 1.807) is 77.3 Å². The Balaban J connectivity index is 0.000000202. The number of nitrogens with one attached hydrogen (secondary N) is 2. The molecule has 16 nitrogen and oxygen atoms in total. The van der Waals surface area contributed by atoms with Crippen LogP contribution in [0, 0.1) is 13.8 Å². The van der Waals surface area contributed by atoms with E-state index in [4.69, 9.17) is 47.4 Å². The average molecular weight is 896 g/mol. The summed E-state index contributed by atoms with van der Waals surface area (Å²) >= 11 is 12.2. The largest absolute Gasteiger partial charge is 0.508 e. The molecule has 6 aromatic rings.